The second-order valence-electron chi connectivity index (χ2n) is 7.81. The van der Waals surface area contributed by atoms with Gasteiger partial charge in [0.25, 0.3) is 0 Å². The molecule has 1 fully saturated rings. The van der Waals surface area contributed by atoms with Crippen molar-refractivity contribution >= 4 is 23.5 Å². The molecule has 0 aromatic carbocycles. The highest BCUT2D eigenvalue weighted by atomic mass is 16.5. The maximum absolute atomic E-state index is 12.3. The van der Waals surface area contributed by atoms with E-state index in [1.54, 1.807) is 12.4 Å². The molecule has 4 N–H and O–H groups in total. The monoisotopic (exact) mass is 420 g/mol. The van der Waals surface area contributed by atoms with E-state index < -0.39 is 12.3 Å². The number of carbonyl (C=O) groups excluding carboxylic acids is 4. The summed E-state index contributed by atoms with van der Waals surface area (Å²) in [6.07, 6.45) is 4.58. The fourth-order valence-electron chi connectivity index (χ4n) is 3.61. The molecular formula is C20H28N4O6. The van der Waals surface area contributed by atoms with Crippen molar-refractivity contribution in [3.63, 3.8) is 0 Å². The smallest absolute Gasteiger partial charge is 0.309 e. The average molecular weight is 420 g/mol. The summed E-state index contributed by atoms with van der Waals surface area (Å²) in [7, 11) is 0. The van der Waals surface area contributed by atoms with Crippen molar-refractivity contribution in [2.75, 3.05) is 13.2 Å². The Kier molecular flexibility index (Phi) is 6.96. The summed E-state index contributed by atoms with van der Waals surface area (Å²) < 4.78 is 10.7. The highest BCUT2D eigenvalue weighted by Crippen LogP contribution is 2.30. The zero-order valence-corrected chi connectivity index (χ0v) is 17.2. The number of ketones is 2. The molecule has 2 aliphatic heterocycles. The minimum atomic E-state index is -0.473. The molecule has 0 amide bonds. The van der Waals surface area contributed by atoms with Crippen LogP contribution in [0, 0.1) is 11.8 Å². The van der Waals surface area contributed by atoms with E-state index in [2.05, 4.69) is 21.3 Å². The van der Waals surface area contributed by atoms with Crippen molar-refractivity contribution in [1.82, 2.24) is 21.3 Å². The van der Waals surface area contributed by atoms with Crippen molar-refractivity contribution < 1.29 is 28.7 Å². The van der Waals surface area contributed by atoms with Gasteiger partial charge in [0.05, 0.1) is 23.2 Å². The molecule has 1 aliphatic carbocycles. The lowest BCUT2D eigenvalue weighted by atomic mass is 9.82. The minimum Gasteiger partial charge on any atom is -0.459 e. The van der Waals surface area contributed by atoms with E-state index in [1.807, 2.05) is 0 Å². The van der Waals surface area contributed by atoms with Gasteiger partial charge in [0, 0.05) is 12.4 Å². The van der Waals surface area contributed by atoms with Crippen molar-refractivity contribution in [2.24, 2.45) is 11.8 Å². The van der Waals surface area contributed by atoms with Gasteiger partial charge in [0.1, 0.15) is 13.2 Å². The molecule has 10 heteroatoms. The first-order chi connectivity index (χ1) is 14.3. The predicted molar refractivity (Wildman–Crippen MR) is 105 cm³/mol. The Morgan fingerprint density at radius 3 is 1.43 bits per heavy atom. The highest BCUT2D eigenvalue weighted by Gasteiger charge is 2.32. The molecule has 164 valence electrons. The molecule has 0 aromatic heterocycles. The topological polar surface area (TPSA) is 135 Å². The first-order valence-corrected chi connectivity index (χ1v) is 10.1. The molecule has 3 rings (SSSR count). The Morgan fingerprint density at radius 2 is 1.13 bits per heavy atom. The second-order valence-corrected chi connectivity index (χ2v) is 7.81. The third-order valence-corrected chi connectivity index (χ3v) is 5.45. The normalized spacial score (nSPS) is 27.4. The second kappa shape index (κ2) is 9.64. The fraction of sp³-hybridized carbons (Fsp3) is 0.600. The van der Waals surface area contributed by atoms with Crippen LogP contribution in [-0.4, -0.2) is 49.1 Å². The molecular weight excluding hydrogens is 392 g/mol. The number of carbonyl (C=O) groups is 4. The molecule has 2 heterocycles. The Morgan fingerprint density at radius 1 is 0.767 bits per heavy atom. The van der Waals surface area contributed by atoms with Crippen molar-refractivity contribution in [2.45, 2.75) is 51.9 Å². The largest absolute Gasteiger partial charge is 0.459 e. The molecule has 0 bridgehead atoms. The molecule has 0 aromatic rings. The Labute approximate surface area is 174 Å². The van der Waals surface area contributed by atoms with E-state index in [1.165, 1.54) is 13.8 Å². The molecule has 1 saturated carbocycles. The predicted octanol–water partition coefficient (Wildman–Crippen LogP) is -0.222. The van der Waals surface area contributed by atoms with Gasteiger partial charge >= 0.3 is 11.9 Å². The molecule has 0 spiro atoms. The zero-order valence-electron chi connectivity index (χ0n) is 17.2. The van der Waals surface area contributed by atoms with Crippen LogP contribution in [0.5, 0.6) is 0 Å². The number of hydrogen-bond donors (Lipinski definition) is 4. The molecule has 30 heavy (non-hydrogen) atoms. The zero-order chi connectivity index (χ0) is 21.7. The number of ether oxygens (including phenoxy) is 2. The lowest BCUT2D eigenvalue weighted by Crippen LogP contribution is -2.39. The van der Waals surface area contributed by atoms with Gasteiger partial charge in [0.15, 0.2) is 23.9 Å². The number of esters is 2. The molecule has 0 saturated heterocycles. The van der Waals surface area contributed by atoms with Crippen LogP contribution in [0.15, 0.2) is 23.8 Å². The molecule has 2 atom stereocenters. The van der Waals surface area contributed by atoms with Crippen molar-refractivity contribution in [3.8, 4) is 0 Å². The summed E-state index contributed by atoms with van der Waals surface area (Å²) >= 11 is 0. The van der Waals surface area contributed by atoms with Crippen molar-refractivity contribution in [3.05, 3.63) is 23.8 Å². The Hall–Kier alpha value is -3.04. The summed E-state index contributed by atoms with van der Waals surface area (Å²) in [5.41, 5.74) is 1.30. The summed E-state index contributed by atoms with van der Waals surface area (Å²) in [5, 5.41) is 11.6. The molecule has 3 aliphatic rings. The summed E-state index contributed by atoms with van der Waals surface area (Å²) in [5.74, 6) is -1.17. The van der Waals surface area contributed by atoms with E-state index >= 15 is 0 Å². The minimum absolute atomic E-state index is 0.0484. The number of hydrogen-bond acceptors (Lipinski definition) is 10. The number of Topliss-reactive ketones (excluding diaryl/α,β-unsaturated/α-hetero) is 2. The lowest BCUT2D eigenvalue weighted by Gasteiger charge is -2.26. The lowest BCUT2D eigenvalue weighted by molar-refractivity contribution is -0.154. The van der Waals surface area contributed by atoms with Crippen LogP contribution in [0.1, 0.15) is 39.5 Å². The third-order valence-electron chi connectivity index (χ3n) is 5.45. The van der Waals surface area contributed by atoms with Crippen LogP contribution in [0.3, 0.4) is 0 Å². The van der Waals surface area contributed by atoms with E-state index in [0.29, 0.717) is 37.1 Å². The van der Waals surface area contributed by atoms with Gasteiger partial charge in [-0.05, 0) is 39.5 Å². The summed E-state index contributed by atoms with van der Waals surface area (Å²) in [4.78, 5) is 47.2. The van der Waals surface area contributed by atoms with Gasteiger partial charge in [-0.15, -0.1) is 0 Å². The van der Waals surface area contributed by atoms with Crippen LogP contribution >= 0.6 is 0 Å². The maximum atomic E-state index is 12.3. The van der Waals surface area contributed by atoms with Gasteiger partial charge in [-0.2, -0.15) is 0 Å². The van der Waals surface area contributed by atoms with Gasteiger partial charge in [-0.1, -0.05) is 0 Å². The SMILES string of the molecule is CC(=O)C1NC=C(COC(=O)[C@H]2CC[C@@H](C(=O)OCC3=CNC(C(C)=O)N3)CC2)N1. The average Bonchev–Trinajstić information content (AvgIpc) is 3.40. The van der Waals surface area contributed by atoms with Crippen molar-refractivity contribution in [1.29, 1.82) is 0 Å². The standard InChI is InChI=1S/C20H28N4O6/c1-11(25)17-21-7-15(23-17)9-29-19(27)13-3-5-14(6-4-13)20(28)30-10-16-8-22-18(24-16)12(2)26/h7-8,13-14,17-18,21-24H,3-6,9-10H2,1-2H3/t13-,14+,17?,18?. The van der Waals surface area contributed by atoms with E-state index in [9.17, 15) is 19.2 Å². The van der Waals surface area contributed by atoms with Crippen LogP contribution in [0.2, 0.25) is 0 Å². The first-order valence-electron chi connectivity index (χ1n) is 10.1. The third kappa shape index (κ3) is 5.52. The quantitative estimate of drug-likeness (QED) is 0.390. The van der Waals surface area contributed by atoms with Crippen LogP contribution < -0.4 is 21.3 Å². The highest BCUT2D eigenvalue weighted by molar-refractivity contribution is 5.82. The van der Waals surface area contributed by atoms with Gasteiger partial charge in [-0.3, -0.25) is 19.2 Å². The van der Waals surface area contributed by atoms with Gasteiger partial charge in [-0.25, -0.2) is 0 Å². The molecule has 10 nitrogen and oxygen atoms in total. The summed E-state index contributed by atoms with van der Waals surface area (Å²) in [6.45, 7) is 3.10. The van der Waals surface area contributed by atoms with E-state index in [0.717, 1.165) is 0 Å². The Balaban J connectivity index is 1.33. The summed E-state index contributed by atoms with van der Waals surface area (Å²) in [6, 6.07) is 0. The van der Waals surface area contributed by atoms with Gasteiger partial charge < -0.3 is 30.7 Å². The first kappa shape index (κ1) is 21.7. The van der Waals surface area contributed by atoms with Crippen LogP contribution in [0.25, 0.3) is 0 Å². The molecule has 2 unspecified atom stereocenters. The number of nitrogens with one attached hydrogen (secondary N) is 4. The number of rotatable bonds is 8. The van der Waals surface area contributed by atoms with Crippen LogP contribution in [-0.2, 0) is 28.7 Å². The van der Waals surface area contributed by atoms with E-state index in [-0.39, 0.29) is 48.6 Å². The van der Waals surface area contributed by atoms with Gasteiger partial charge in [0.2, 0.25) is 0 Å². The maximum Gasteiger partial charge on any atom is 0.309 e. The van der Waals surface area contributed by atoms with Crippen LogP contribution in [0.4, 0.5) is 0 Å². The van der Waals surface area contributed by atoms with E-state index in [4.69, 9.17) is 9.47 Å². The Bertz CT molecular complexity index is 705. The fourth-order valence-corrected chi connectivity index (χ4v) is 3.61. The molecule has 0 radical (unpaired) electrons.